The predicted octanol–water partition coefficient (Wildman–Crippen LogP) is 5.94. The maximum Gasteiger partial charge on any atom is 0.416 e. The van der Waals surface area contributed by atoms with Crippen LogP contribution in [0.3, 0.4) is 0 Å². The van der Waals surface area contributed by atoms with Crippen LogP contribution in [0, 0.1) is 0 Å². The second-order valence-corrected chi connectivity index (χ2v) is 11.6. The maximum atomic E-state index is 13.2. The molecular formula is C29H32F6N8O4S. The minimum absolute atomic E-state index is 0.00483. The Hall–Kier alpha value is -4.39. The van der Waals surface area contributed by atoms with E-state index in [0.717, 1.165) is 44.2 Å². The molecule has 0 aliphatic carbocycles. The lowest BCUT2D eigenvalue weighted by Gasteiger charge is -2.34. The molecule has 0 saturated carbocycles. The van der Waals surface area contributed by atoms with Gasteiger partial charge in [0.1, 0.15) is 18.5 Å². The molecule has 2 saturated heterocycles. The van der Waals surface area contributed by atoms with Crippen molar-refractivity contribution in [1.82, 2.24) is 23.5 Å². The molecule has 2 fully saturated rings. The highest BCUT2D eigenvalue weighted by Crippen LogP contribution is 2.37. The zero-order valence-electron chi connectivity index (χ0n) is 25.6. The summed E-state index contributed by atoms with van der Waals surface area (Å²) in [6.07, 6.45) is -7.78. The fourth-order valence-corrected chi connectivity index (χ4v) is 5.74. The van der Waals surface area contributed by atoms with Crippen LogP contribution in [0.25, 0.3) is 0 Å². The Kier molecular flexibility index (Phi) is 10.8. The normalized spacial score (nSPS) is 16.5. The highest BCUT2D eigenvalue weighted by Gasteiger charge is 2.37. The second-order valence-electron chi connectivity index (χ2n) is 11.1. The van der Waals surface area contributed by atoms with Gasteiger partial charge >= 0.3 is 24.5 Å². The zero-order chi connectivity index (χ0) is 34.5. The molecule has 5 rings (SSSR count). The van der Waals surface area contributed by atoms with Gasteiger partial charge in [-0.3, -0.25) is 5.32 Å². The summed E-state index contributed by atoms with van der Waals surface area (Å²) in [7, 11) is 0. The van der Waals surface area contributed by atoms with Crippen molar-refractivity contribution in [2.75, 3.05) is 61.3 Å². The number of nitrogens with zero attached hydrogens (tertiary/aromatic N) is 6. The number of piperidine rings is 1. The van der Waals surface area contributed by atoms with Crippen LogP contribution in [0.1, 0.15) is 36.5 Å². The smallest absolute Gasteiger partial charge is 0.416 e. The number of alkyl halides is 6. The van der Waals surface area contributed by atoms with Crippen LogP contribution >= 0.6 is 11.7 Å². The molecule has 3 amide bonds. The van der Waals surface area contributed by atoms with E-state index in [-0.39, 0.29) is 56.7 Å². The SMILES string of the molecule is CCN1CCC(OC(=O)Nc2cc(COc3nsnc3N3CCN(C(=O)Nc4cc(C(F)(F)F)cc(C(F)(F)F)c4)CC3)ccn2)CC1. The number of halogens is 6. The quantitative estimate of drug-likeness (QED) is 0.275. The van der Waals surface area contributed by atoms with E-state index in [1.807, 2.05) is 0 Å². The molecule has 3 aromatic rings. The number of carbonyl (C=O) groups excluding carboxylic acids is 2. The van der Waals surface area contributed by atoms with Crippen LogP contribution in [0.2, 0.25) is 0 Å². The number of aromatic nitrogens is 3. The summed E-state index contributed by atoms with van der Waals surface area (Å²) in [6.45, 7) is 5.55. The minimum Gasteiger partial charge on any atom is -0.470 e. The van der Waals surface area contributed by atoms with Gasteiger partial charge in [-0.2, -0.15) is 30.7 Å². The van der Waals surface area contributed by atoms with Crippen LogP contribution in [0.5, 0.6) is 5.88 Å². The van der Waals surface area contributed by atoms with E-state index in [1.165, 1.54) is 11.1 Å². The highest BCUT2D eigenvalue weighted by atomic mass is 32.1. The number of hydrogen-bond donors (Lipinski definition) is 2. The van der Waals surface area contributed by atoms with Gasteiger partial charge in [0.2, 0.25) is 5.82 Å². The lowest BCUT2D eigenvalue weighted by molar-refractivity contribution is -0.143. The predicted molar refractivity (Wildman–Crippen MR) is 163 cm³/mol. The number of amides is 3. The molecule has 2 aromatic heterocycles. The van der Waals surface area contributed by atoms with Crippen LogP contribution in [-0.4, -0.2) is 87.6 Å². The van der Waals surface area contributed by atoms with Crippen molar-refractivity contribution in [3.05, 3.63) is 53.2 Å². The standard InChI is InChI=1S/C29H32F6N8O4S/c1-2-41-7-4-22(5-8-41)47-27(45)38-23-13-18(3-6-36-23)17-46-25-24(39-48-40-25)42-9-11-43(12-10-42)26(44)37-21-15-19(28(30,31)32)14-20(16-21)29(33,34)35/h3,6,13-16,22H,2,4-5,7-12,17H2,1H3,(H,37,44)(H,36,38,45). The molecule has 2 aliphatic rings. The average Bonchev–Trinajstić information content (AvgIpc) is 3.52. The molecule has 4 heterocycles. The number of rotatable bonds is 8. The highest BCUT2D eigenvalue weighted by molar-refractivity contribution is 6.99. The van der Waals surface area contributed by atoms with Gasteiger partial charge in [-0.15, -0.1) is 4.37 Å². The van der Waals surface area contributed by atoms with Crippen molar-refractivity contribution in [3.63, 3.8) is 0 Å². The Morgan fingerprint density at radius 3 is 2.21 bits per heavy atom. The first-order valence-electron chi connectivity index (χ1n) is 15.0. The average molecular weight is 703 g/mol. The van der Waals surface area contributed by atoms with E-state index in [1.54, 1.807) is 17.0 Å². The van der Waals surface area contributed by atoms with E-state index >= 15 is 0 Å². The van der Waals surface area contributed by atoms with Gasteiger partial charge in [0.25, 0.3) is 5.88 Å². The van der Waals surface area contributed by atoms with E-state index < -0.39 is 41.3 Å². The third kappa shape index (κ3) is 9.15. The first-order chi connectivity index (χ1) is 22.8. The van der Waals surface area contributed by atoms with Crippen molar-refractivity contribution in [2.24, 2.45) is 0 Å². The van der Waals surface area contributed by atoms with Crippen LogP contribution in [-0.2, 0) is 23.7 Å². The number of carbonyl (C=O) groups is 2. The van der Waals surface area contributed by atoms with E-state index in [2.05, 4.69) is 36.2 Å². The molecule has 0 atom stereocenters. The van der Waals surface area contributed by atoms with Crippen LogP contribution in [0.4, 0.5) is 53.3 Å². The van der Waals surface area contributed by atoms with Crippen molar-refractivity contribution < 1.29 is 45.4 Å². The first-order valence-corrected chi connectivity index (χ1v) is 15.7. The molecule has 48 heavy (non-hydrogen) atoms. The monoisotopic (exact) mass is 702 g/mol. The number of likely N-dealkylation sites (tertiary alicyclic amines) is 1. The van der Waals surface area contributed by atoms with E-state index in [4.69, 9.17) is 9.47 Å². The Bertz CT molecular complexity index is 1540. The molecule has 0 bridgehead atoms. The van der Waals surface area contributed by atoms with Gasteiger partial charge in [0.15, 0.2) is 0 Å². The van der Waals surface area contributed by atoms with Gasteiger partial charge in [-0.1, -0.05) is 6.92 Å². The van der Waals surface area contributed by atoms with Crippen molar-refractivity contribution >= 4 is 41.2 Å². The lowest BCUT2D eigenvalue weighted by atomic mass is 10.1. The first kappa shape index (κ1) is 34.9. The minimum atomic E-state index is -5.04. The molecule has 260 valence electrons. The Balaban J connectivity index is 1.12. The molecule has 2 aliphatic heterocycles. The summed E-state index contributed by atoms with van der Waals surface area (Å²) in [5.41, 5.74) is -2.99. The summed E-state index contributed by atoms with van der Waals surface area (Å²) in [6, 6.07) is 3.41. The van der Waals surface area contributed by atoms with Crippen LogP contribution in [0.15, 0.2) is 36.5 Å². The maximum absolute atomic E-state index is 13.2. The van der Waals surface area contributed by atoms with Crippen molar-refractivity contribution in [1.29, 1.82) is 0 Å². The van der Waals surface area contributed by atoms with Gasteiger partial charge in [0.05, 0.1) is 22.9 Å². The number of benzene rings is 1. The van der Waals surface area contributed by atoms with Crippen LogP contribution < -0.4 is 20.3 Å². The Morgan fingerprint density at radius 1 is 0.917 bits per heavy atom. The Morgan fingerprint density at radius 2 is 1.58 bits per heavy atom. The summed E-state index contributed by atoms with van der Waals surface area (Å²) in [5, 5.41) is 4.80. The molecule has 0 radical (unpaired) electrons. The summed E-state index contributed by atoms with van der Waals surface area (Å²) < 4.78 is 99.1. The molecule has 2 N–H and O–H groups in total. The molecule has 1 aromatic carbocycles. The Labute approximate surface area is 275 Å². The fraction of sp³-hybridized carbons (Fsp3) is 0.483. The topological polar surface area (TPSA) is 125 Å². The molecular weight excluding hydrogens is 670 g/mol. The number of ether oxygens (including phenoxy) is 2. The number of urea groups is 1. The third-order valence-corrected chi connectivity index (χ3v) is 8.34. The number of pyridine rings is 1. The molecule has 12 nitrogen and oxygen atoms in total. The largest absolute Gasteiger partial charge is 0.470 e. The summed E-state index contributed by atoms with van der Waals surface area (Å²) >= 11 is 0.908. The van der Waals surface area contributed by atoms with E-state index in [9.17, 15) is 35.9 Å². The number of anilines is 3. The second kappa shape index (κ2) is 14.8. The zero-order valence-corrected chi connectivity index (χ0v) is 26.4. The number of nitrogens with one attached hydrogen (secondary N) is 2. The third-order valence-electron chi connectivity index (χ3n) is 7.83. The number of piperazine rings is 1. The molecule has 0 spiro atoms. The van der Waals surface area contributed by atoms with Gasteiger partial charge in [-0.05, 0) is 55.3 Å². The molecule has 0 unspecified atom stereocenters. The lowest BCUT2D eigenvalue weighted by Crippen LogP contribution is -2.50. The van der Waals surface area contributed by atoms with Gasteiger partial charge in [0, 0.05) is 51.2 Å². The van der Waals surface area contributed by atoms with Crippen molar-refractivity contribution in [2.45, 2.75) is 44.8 Å². The fourth-order valence-electron chi connectivity index (χ4n) is 5.22. The number of hydrogen-bond acceptors (Lipinski definition) is 10. The van der Waals surface area contributed by atoms with Crippen molar-refractivity contribution in [3.8, 4) is 5.88 Å². The van der Waals surface area contributed by atoms with E-state index in [0.29, 0.717) is 23.5 Å². The summed E-state index contributed by atoms with van der Waals surface area (Å²) in [5.74, 6) is 0.932. The van der Waals surface area contributed by atoms with Gasteiger partial charge < -0.3 is 29.5 Å². The van der Waals surface area contributed by atoms with Gasteiger partial charge in [-0.25, -0.2) is 14.6 Å². The molecule has 19 heteroatoms. The summed E-state index contributed by atoms with van der Waals surface area (Å²) in [4.78, 5) is 34.7.